The molecule has 122 valence electrons. The summed E-state index contributed by atoms with van der Waals surface area (Å²) in [6.45, 7) is 8.71. The molecule has 0 spiro atoms. The maximum absolute atomic E-state index is 4.47. The van der Waals surface area contributed by atoms with E-state index in [1.165, 1.54) is 5.82 Å². The first-order chi connectivity index (χ1) is 10.9. The second kappa shape index (κ2) is 5.72. The second-order valence-corrected chi connectivity index (χ2v) is 6.50. The van der Waals surface area contributed by atoms with Crippen molar-refractivity contribution in [1.82, 2.24) is 14.7 Å². The van der Waals surface area contributed by atoms with Gasteiger partial charge in [0.05, 0.1) is 12.7 Å². The Kier molecular flexibility index (Phi) is 3.88. The van der Waals surface area contributed by atoms with Gasteiger partial charge in [-0.3, -0.25) is 4.68 Å². The monoisotopic (exact) mass is 312 g/mol. The number of aromatic nitrogens is 3. The van der Waals surface area contributed by atoms with Gasteiger partial charge in [-0.2, -0.15) is 5.10 Å². The molecule has 1 aliphatic heterocycles. The smallest absolute Gasteiger partial charge is 0.283 e. The van der Waals surface area contributed by atoms with Crippen molar-refractivity contribution in [3.05, 3.63) is 42.4 Å². The summed E-state index contributed by atoms with van der Waals surface area (Å²) in [4.78, 5) is 4.67. The number of pyridine rings is 1. The van der Waals surface area contributed by atoms with E-state index < -0.39 is 0 Å². The van der Waals surface area contributed by atoms with Crippen LogP contribution in [-0.4, -0.2) is 26.9 Å². The Bertz CT molecular complexity index is 744. The number of anilines is 1. The number of hydrogen-bond acceptors (Lipinski definition) is 3. The minimum atomic E-state index is 0.310. The van der Waals surface area contributed by atoms with Gasteiger partial charge in [-0.05, 0) is 45.9 Å². The molecule has 0 amide bonds. The molecule has 0 bridgehead atoms. The van der Waals surface area contributed by atoms with Crippen LogP contribution in [0.4, 0.5) is 5.82 Å². The zero-order valence-electron chi connectivity index (χ0n) is 14.9. The third-order valence-electron chi connectivity index (χ3n) is 4.56. The number of hydrogen-bond donors (Lipinski definition) is 0. The summed E-state index contributed by atoms with van der Waals surface area (Å²) in [5, 5.41) is 4.47. The molecule has 5 heteroatoms. The van der Waals surface area contributed by atoms with Gasteiger partial charge < -0.3 is 4.90 Å². The van der Waals surface area contributed by atoms with Crippen molar-refractivity contribution in [3.8, 4) is 11.4 Å². The summed E-state index contributed by atoms with van der Waals surface area (Å²) in [5.74, 6) is 1.17. The maximum Gasteiger partial charge on any atom is 0.283 e. The van der Waals surface area contributed by atoms with E-state index in [2.05, 4.69) is 83.9 Å². The van der Waals surface area contributed by atoms with Gasteiger partial charge >= 0.3 is 0 Å². The molecule has 0 aliphatic carbocycles. The van der Waals surface area contributed by atoms with Gasteiger partial charge in [0.1, 0.15) is 11.9 Å². The summed E-state index contributed by atoms with van der Waals surface area (Å²) in [7, 11) is 4.11. The van der Waals surface area contributed by atoms with Crippen LogP contribution in [0, 0.1) is 6.92 Å². The van der Waals surface area contributed by atoms with Crippen LogP contribution >= 0.6 is 0 Å². The molecular weight excluding hydrogens is 286 g/mol. The molecule has 0 aromatic carbocycles. The Morgan fingerprint density at radius 3 is 2.52 bits per heavy atom. The van der Waals surface area contributed by atoms with Crippen LogP contribution < -0.4 is 9.47 Å². The highest BCUT2D eigenvalue weighted by atomic mass is 15.4. The first-order valence-corrected chi connectivity index (χ1v) is 8.14. The van der Waals surface area contributed by atoms with E-state index in [1.807, 2.05) is 18.7 Å². The van der Waals surface area contributed by atoms with Gasteiger partial charge in [-0.15, -0.1) is 0 Å². The van der Waals surface area contributed by atoms with Crippen molar-refractivity contribution in [2.45, 2.75) is 39.9 Å². The first kappa shape index (κ1) is 15.6. The lowest BCUT2D eigenvalue weighted by Crippen LogP contribution is -2.45. The molecule has 1 aliphatic rings. The fraction of sp³-hybridized carbons (Fsp3) is 0.444. The molecule has 0 saturated heterocycles. The van der Waals surface area contributed by atoms with E-state index >= 15 is 0 Å². The fourth-order valence-electron chi connectivity index (χ4n) is 3.35. The lowest BCUT2D eigenvalue weighted by atomic mass is 10.2. The van der Waals surface area contributed by atoms with E-state index in [0.29, 0.717) is 12.2 Å². The van der Waals surface area contributed by atoms with Gasteiger partial charge in [0.2, 0.25) is 0 Å². The minimum absolute atomic E-state index is 0.310. The van der Waals surface area contributed by atoms with Crippen molar-refractivity contribution < 1.29 is 4.57 Å². The Balaban J connectivity index is 2.02. The molecule has 0 saturated carbocycles. The van der Waals surface area contributed by atoms with E-state index in [0.717, 1.165) is 17.1 Å². The molecule has 23 heavy (non-hydrogen) atoms. The highest BCUT2D eigenvalue weighted by Crippen LogP contribution is 2.25. The summed E-state index contributed by atoms with van der Waals surface area (Å²) in [6, 6.07) is 9.04. The Morgan fingerprint density at radius 1 is 1.22 bits per heavy atom. The summed E-state index contributed by atoms with van der Waals surface area (Å²) in [5.41, 5.74) is 3.32. The summed E-state index contributed by atoms with van der Waals surface area (Å²) in [6.07, 6.45) is 4.65. The topological polar surface area (TPSA) is 28.2 Å². The first-order valence-electron chi connectivity index (χ1n) is 8.14. The lowest BCUT2D eigenvalue weighted by Gasteiger charge is -2.28. The second-order valence-electron chi connectivity index (χ2n) is 6.50. The van der Waals surface area contributed by atoms with Crippen LogP contribution in [0.3, 0.4) is 0 Å². The highest BCUT2D eigenvalue weighted by molar-refractivity contribution is 5.54. The molecule has 0 radical (unpaired) electrons. The average Bonchev–Trinajstić information content (AvgIpc) is 3.02. The molecular formula is C18H26N5+. The summed E-state index contributed by atoms with van der Waals surface area (Å²) < 4.78 is 4.18. The van der Waals surface area contributed by atoms with Crippen molar-refractivity contribution in [2.24, 2.45) is 14.1 Å². The fourth-order valence-corrected chi connectivity index (χ4v) is 3.35. The molecule has 0 N–H and O–H groups in total. The van der Waals surface area contributed by atoms with Gasteiger partial charge in [0.15, 0.2) is 11.9 Å². The molecule has 1 unspecified atom stereocenters. The standard InChI is InChI=1S/C18H26N5/c1-13(2)22-10-11-23(15(22)4)18-9-7-8-16(20(18)5)17-12-14(3)19-21(17)6/h7-13,15H,1-6H3/q+1. The molecule has 0 fully saturated rings. The van der Waals surface area contributed by atoms with Gasteiger partial charge in [0.25, 0.3) is 5.82 Å². The van der Waals surface area contributed by atoms with Crippen molar-refractivity contribution in [3.63, 3.8) is 0 Å². The number of nitrogens with zero attached hydrogens (tertiary/aromatic N) is 5. The quantitative estimate of drug-likeness (QED) is 0.816. The van der Waals surface area contributed by atoms with Gasteiger partial charge in [0, 0.05) is 25.4 Å². The van der Waals surface area contributed by atoms with E-state index in [1.54, 1.807) is 0 Å². The lowest BCUT2D eigenvalue weighted by molar-refractivity contribution is -0.647. The van der Waals surface area contributed by atoms with Crippen LogP contribution in [0.25, 0.3) is 11.4 Å². The van der Waals surface area contributed by atoms with Crippen molar-refractivity contribution in [2.75, 3.05) is 4.90 Å². The SMILES string of the molecule is Cc1cc(-c2cccc(N3C=CN(C(C)C)C3C)[n+]2C)n(C)n1. The van der Waals surface area contributed by atoms with Crippen LogP contribution in [0.15, 0.2) is 36.7 Å². The third kappa shape index (κ3) is 2.60. The molecule has 2 aromatic rings. The predicted molar refractivity (Wildman–Crippen MR) is 92.6 cm³/mol. The van der Waals surface area contributed by atoms with E-state index in [-0.39, 0.29) is 0 Å². The Labute approximate surface area is 138 Å². The van der Waals surface area contributed by atoms with Crippen LogP contribution in [-0.2, 0) is 14.1 Å². The minimum Gasteiger partial charge on any atom is -0.334 e. The molecule has 2 aromatic heterocycles. The zero-order valence-corrected chi connectivity index (χ0v) is 14.9. The van der Waals surface area contributed by atoms with Gasteiger partial charge in [-0.25, -0.2) is 9.47 Å². The Morgan fingerprint density at radius 2 is 1.96 bits per heavy atom. The summed E-state index contributed by atoms with van der Waals surface area (Å²) >= 11 is 0. The highest BCUT2D eigenvalue weighted by Gasteiger charge is 2.33. The zero-order chi connectivity index (χ0) is 16.7. The molecule has 3 rings (SSSR count). The molecule has 5 nitrogen and oxygen atoms in total. The third-order valence-corrected chi connectivity index (χ3v) is 4.56. The van der Waals surface area contributed by atoms with E-state index in [9.17, 15) is 0 Å². The predicted octanol–water partition coefficient (Wildman–Crippen LogP) is 2.57. The van der Waals surface area contributed by atoms with Crippen LogP contribution in [0.5, 0.6) is 0 Å². The molecule has 1 atom stereocenters. The molecule has 3 heterocycles. The largest absolute Gasteiger partial charge is 0.334 e. The van der Waals surface area contributed by atoms with Crippen molar-refractivity contribution >= 4 is 5.82 Å². The number of rotatable bonds is 3. The normalized spacial score (nSPS) is 17.6. The maximum atomic E-state index is 4.47. The van der Waals surface area contributed by atoms with Gasteiger partial charge in [-0.1, -0.05) is 0 Å². The van der Waals surface area contributed by atoms with Crippen molar-refractivity contribution in [1.29, 1.82) is 0 Å². The number of aryl methyl sites for hydroxylation is 2. The van der Waals surface area contributed by atoms with E-state index in [4.69, 9.17) is 0 Å². The van der Waals surface area contributed by atoms with Crippen LogP contribution in [0.1, 0.15) is 26.5 Å². The van der Waals surface area contributed by atoms with Crippen LogP contribution in [0.2, 0.25) is 0 Å². The Hall–Kier alpha value is -2.30. The average molecular weight is 312 g/mol.